The number of likely N-dealkylation sites (tertiary alicyclic amines) is 1. The Balaban J connectivity index is 1.07. The van der Waals surface area contributed by atoms with Crippen LogP contribution in [0.2, 0.25) is 0 Å². The lowest BCUT2D eigenvalue weighted by Gasteiger charge is -2.52. The highest BCUT2D eigenvalue weighted by Crippen LogP contribution is 2.41. The first-order valence-electron chi connectivity index (χ1n) is 46.8. The predicted molar refractivity (Wildman–Crippen MR) is 486 cm³/mol. The van der Waals surface area contributed by atoms with Crippen LogP contribution < -0.4 is 63.1 Å². The number of nitrogens with zero attached hydrogens (tertiary/aromatic N) is 1. The van der Waals surface area contributed by atoms with Gasteiger partial charge in [0.1, 0.15) is 164 Å². The minimum absolute atomic E-state index is 0.0360. The number of ether oxygens (including phenoxy) is 10. The number of aliphatic hydroxyl groups excluding tert-OH is 13. The van der Waals surface area contributed by atoms with Gasteiger partial charge in [0.15, 0.2) is 25.2 Å². The van der Waals surface area contributed by atoms with Gasteiger partial charge >= 0.3 is 34.3 Å². The number of carboxylic acids is 4. The molecule has 6 fully saturated rings. The van der Waals surface area contributed by atoms with Gasteiger partial charge in [0.05, 0.1) is 57.2 Å². The van der Waals surface area contributed by atoms with E-state index in [1.807, 2.05) is 0 Å². The van der Waals surface area contributed by atoms with Crippen molar-refractivity contribution in [3.8, 4) is 5.75 Å². The van der Waals surface area contributed by atoms with Crippen molar-refractivity contribution in [1.82, 2.24) is 58.1 Å². The zero-order chi connectivity index (χ0) is 110. The number of hydrogen-bond donors (Lipinski definition) is 29. The van der Waals surface area contributed by atoms with Crippen LogP contribution in [-0.2, 0) is 147 Å². The Morgan fingerprint density at radius 3 is 1.61 bits per heavy atom. The van der Waals surface area contributed by atoms with Crippen molar-refractivity contribution in [3.05, 3.63) is 65.7 Å². The molecular weight excluding hydrogens is 2010 g/mol. The summed E-state index contributed by atoms with van der Waals surface area (Å²) in [7, 11) is -4.96. The number of nitrogens with one attached hydrogen (secondary N) is 10. The fraction of sp³-hybridized carbons (Fsp3) is 0.682. The molecule has 0 saturated carbocycles. The molecular formula is C88H130N12O47S. The standard InChI is InChI=1S/C88H130N12O47S/c1-34(2)25-49(98-78(127)47(26-41-13-10-9-11-14-41)96-79(128)48(28-58(114)115)97-77(126)46(90-37(5)104)27-42-16-18-43(19-17-42)147-148(134,135)136)82(131)100-24-12-15-50(100)80(129)95-45(21-23-57(112)113)76(125)99-59(81(130)94-44(75(89)124)20-22-56(110)111)35(3)138-84-61(92-39(7)106)67(120)65(118)55(142-84)33-137-83-62(93-40(8)107)73(144-85-69(122)68(121)63(116)36(4)139-85)71(54(32-103)141-83)143-86-70(123)74(66(119)53(31-102)140-86)146-88(87(132)133)29-51(108)60(91-38(6)105)72(145-88)64(117)52(109)30-101/h9-11,13-14,16-19,34-36,44-55,59-74,83-86,101-103,108-109,116-123H,12,15,20-33H2,1-8H3,(H2,89,124)(H,90,104)(H,91,105)(H,92,106)(H,93,107)(H,94,130)(H,95,129)(H,96,128)(H,97,126)(H,98,127)(H,99,125)(H,110,111)(H,112,113)(H,114,115)(H,132,133)(H,134,135,136)/t35-,36+,44+,45+,46+,47+,48+,49+,50+,51+,52-,53-,54-,55-,59+,60-,61-,62-,63-,64-,65+,66+,67-,68-,69+,70-,71-,72+,73-,74+,83-,84+,85+,86+,88+/m1/s1. The molecule has 0 aliphatic carbocycles. The number of carbonyl (C=O) groups excluding carboxylic acids is 12. The van der Waals surface area contributed by atoms with E-state index in [4.69, 9.17) is 57.7 Å². The second-order valence-electron chi connectivity index (χ2n) is 36.7. The Bertz CT molecular complexity index is 5030. The number of primary amides is 1. The number of amides is 12. The van der Waals surface area contributed by atoms with Crippen LogP contribution in [0.4, 0.5) is 0 Å². The Morgan fingerprint density at radius 1 is 0.527 bits per heavy atom. The maximum absolute atomic E-state index is 15.2. The van der Waals surface area contributed by atoms with Gasteiger partial charge in [0.25, 0.3) is 5.79 Å². The number of nitrogens with two attached hydrogens (primary N) is 1. The van der Waals surface area contributed by atoms with Gasteiger partial charge in [-0.25, -0.2) is 4.79 Å². The van der Waals surface area contributed by atoms with Gasteiger partial charge < -0.3 is 202 Å². The van der Waals surface area contributed by atoms with Crippen molar-refractivity contribution in [2.75, 3.05) is 33.0 Å². The highest BCUT2D eigenvalue weighted by molar-refractivity contribution is 7.81. The SMILES string of the molecule is CC(=O)N[C@H]1[C@@H](O[C@H](C)[C@H](NC(=O)[C@H](CCC(=O)O)NC(=O)[C@@H]2CCCN2C(=O)[C@H](CC(C)C)NC(=O)[C@H](Cc2ccccc2)NC(=O)[C@H](CC(=O)O)NC(=O)[C@H](Cc2ccc(OS(=O)(=O)O)cc2)NC(C)=O)C(=O)N[C@@H](CCC(=O)O)C(N)=O)O[C@H](CO[C@@H]2O[C@H](CO)[C@@H](O[C@@H]3O[C@H](CO)[C@H](O)[C@H](O[C@]4(C(=O)O)C[C@H](O)[C@@H](NC(C)=O)[C@@H]([C@H](O)[C@H](O)CO)O4)[C@H]3O)[C@H](O[C@@H]3O[C@@H](C)[C@@H](O)[C@@H](O)[C@@H]3O)[C@H]2NC(C)=O)[C@H](O)[C@@H]1O. The van der Waals surface area contributed by atoms with Crippen LogP contribution in [-0.4, -0.2) is 446 Å². The summed E-state index contributed by atoms with van der Waals surface area (Å²) in [6, 6.07) is -8.08. The molecule has 6 aliphatic heterocycles. The molecule has 830 valence electrons. The zero-order valence-corrected chi connectivity index (χ0v) is 81.9. The van der Waals surface area contributed by atoms with Gasteiger partial charge in [-0.3, -0.25) is 76.5 Å². The van der Waals surface area contributed by atoms with E-state index in [9.17, 15) is 162 Å². The largest absolute Gasteiger partial charge is 0.481 e. The average Bonchev–Trinajstić information content (AvgIpc) is 0.766. The smallest absolute Gasteiger partial charge is 0.446 e. The normalized spacial score (nSPS) is 30.2. The summed E-state index contributed by atoms with van der Waals surface area (Å²) in [5, 5.41) is 211. The number of benzene rings is 2. The fourth-order valence-corrected chi connectivity index (χ4v) is 17.7. The molecule has 0 unspecified atom stereocenters. The Hall–Kier alpha value is -11.2. The maximum atomic E-state index is 15.2. The molecule has 12 amide bonds. The lowest BCUT2D eigenvalue weighted by molar-refractivity contribution is -0.392. The molecule has 0 spiro atoms. The monoisotopic (exact) mass is 2140 g/mol. The summed E-state index contributed by atoms with van der Waals surface area (Å²) in [6.45, 7) is 4.05. The number of aliphatic hydroxyl groups is 13. The van der Waals surface area contributed by atoms with Crippen LogP contribution in [0.15, 0.2) is 54.6 Å². The Morgan fingerprint density at radius 2 is 1.05 bits per heavy atom. The zero-order valence-electron chi connectivity index (χ0n) is 81.0. The van der Waals surface area contributed by atoms with Gasteiger partial charge in [0, 0.05) is 66.3 Å². The number of rotatable bonds is 52. The third kappa shape index (κ3) is 33.6. The van der Waals surface area contributed by atoms with Crippen molar-refractivity contribution in [2.24, 2.45) is 11.7 Å². The van der Waals surface area contributed by atoms with E-state index in [-0.39, 0.29) is 50.0 Å². The van der Waals surface area contributed by atoms with E-state index in [2.05, 4.69) is 57.4 Å². The maximum Gasteiger partial charge on any atom is 0.446 e. The van der Waals surface area contributed by atoms with E-state index < -0.39 is 389 Å². The quantitative estimate of drug-likeness (QED) is 0.0274. The van der Waals surface area contributed by atoms with Crippen LogP contribution in [0.25, 0.3) is 0 Å². The first-order chi connectivity index (χ1) is 69.4. The highest BCUT2D eigenvalue weighted by atomic mass is 32.3. The molecule has 8 rings (SSSR count). The van der Waals surface area contributed by atoms with Gasteiger partial charge in [-0.2, -0.15) is 8.42 Å². The van der Waals surface area contributed by atoms with Gasteiger partial charge in [-0.1, -0.05) is 56.3 Å². The summed E-state index contributed by atoms with van der Waals surface area (Å²) in [6.07, 6.45) is -57.1. The number of hydrogen-bond acceptors (Lipinski definition) is 42. The molecule has 0 bridgehead atoms. The second-order valence-corrected chi connectivity index (χ2v) is 37.7. The molecule has 35 atom stereocenters. The molecule has 0 aromatic heterocycles. The summed E-state index contributed by atoms with van der Waals surface area (Å²) in [4.78, 5) is 219. The van der Waals surface area contributed by atoms with E-state index >= 15 is 9.59 Å². The fourth-order valence-electron chi connectivity index (χ4n) is 17.4. The van der Waals surface area contributed by atoms with Crippen LogP contribution in [0.5, 0.6) is 5.75 Å². The summed E-state index contributed by atoms with van der Waals surface area (Å²) < 4.78 is 96.7. The van der Waals surface area contributed by atoms with Crippen LogP contribution in [0.1, 0.15) is 124 Å². The molecule has 6 aliphatic rings. The molecule has 59 nitrogen and oxygen atoms in total. The lowest BCUT2D eigenvalue weighted by atomic mass is 9.88. The van der Waals surface area contributed by atoms with E-state index in [0.717, 1.165) is 51.7 Å². The van der Waals surface area contributed by atoms with E-state index in [1.165, 1.54) is 19.1 Å². The van der Waals surface area contributed by atoms with Crippen molar-refractivity contribution >= 4 is 105 Å². The third-order valence-corrected chi connectivity index (χ3v) is 25.2. The van der Waals surface area contributed by atoms with Gasteiger partial charge in [-0.15, -0.1) is 0 Å². The summed E-state index contributed by atoms with van der Waals surface area (Å²) >= 11 is 0. The first kappa shape index (κ1) is 122. The van der Waals surface area contributed by atoms with Crippen molar-refractivity contribution < 1.29 is 228 Å². The van der Waals surface area contributed by atoms with Crippen molar-refractivity contribution in [1.29, 1.82) is 0 Å². The van der Waals surface area contributed by atoms with Crippen LogP contribution >= 0.6 is 0 Å². The van der Waals surface area contributed by atoms with E-state index in [1.54, 1.807) is 44.2 Å². The molecule has 2 aromatic rings. The molecule has 148 heavy (non-hydrogen) atoms. The Kier molecular flexibility index (Phi) is 45.3. The average molecular weight is 2140 g/mol. The van der Waals surface area contributed by atoms with Crippen LogP contribution in [0, 0.1) is 5.92 Å². The van der Waals surface area contributed by atoms with Gasteiger partial charge in [-0.05, 0) is 75.1 Å². The highest BCUT2D eigenvalue weighted by Gasteiger charge is 2.62. The summed E-state index contributed by atoms with van der Waals surface area (Å²) in [5.74, 6) is -24.8. The Labute approximate surface area is 843 Å². The first-order valence-corrected chi connectivity index (χ1v) is 48.1. The van der Waals surface area contributed by atoms with E-state index in [0.29, 0.717) is 5.56 Å². The molecule has 6 heterocycles. The van der Waals surface area contributed by atoms with Gasteiger partial charge in [0.2, 0.25) is 70.9 Å². The molecule has 2 aromatic carbocycles. The summed E-state index contributed by atoms with van der Waals surface area (Å²) in [5.41, 5.74) is 6.26. The molecule has 6 saturated heterocycles. The minimum Gasteiger partial charge on any atom is -0.481 e. The molecule has 30 N–H and O–H groups in total. The van der Waals surface area contributed by atoms with Crippen LogP contribution in [0.3, 0.4) is 0 Å². The minimum atomic E-state index is -4.96. The van der Waals surface area contributed by atoms with Crippen molar-refractivity contribution in [2.45, 2.75) is 339 Å². The topological polar surface area (TPSA) is 922 Å². The number of aliphatic carboxylic acids is 4. The second kappa shape index (κ2) is 55.0. The van der Waals surface area contributed by atoms with Crippen molar-refractivity contribution in [3.63, 3.8) is 0 Å². The predicted octanol–water partition coefficient (Wildman–Crippen LogP) is -13.0. The number of carbonyl (C=O) groups is 16. The molecule has 0 radical (unpaired) electrons. The molecule has 60 heteroatoms. The lowest BCUT2D eigenvalue weighted by Crippen LogP contribution is -2.71. The number of carboxylic acid groups (broad SMARTS) is 4. The third-order valence-electron chi connectivity index (χ3n) is 24.7.